The van der Waals surface area contributed by atoms with Crippen molar-refractivity contribution in [2.24, 2.45) is 0 Å². The molecule has 1 atom stereocenters. The number of benzene rings is 1. The van der Waals surface area contributed by atoms with Gasteiger partial charge in [0.1, 0.15) is 6.04 Å². The van der Waals surface area contributed by atoms with Gasteiger partial charge in [0.2, 0.25) is 0 Å². The molecule has 0 saturated carbocycles. The van der Waals surface area contributed by atoms with E-state index >= 15 is 0 Å². The predicted molar refractivity (Wildman–Crippen MR) is 75.8 cm³/mol. The van der Waals surface area contributed by atoms with Gasteiger partial charge in [-0.1, -0.05) is 12.1 Å². The van der Waals surface area contributed by atoms with Gasteiger partial charge < -0.3 is 9.47 Å². The minimum atomic E-state index is -0.765. The van der Waals surface area contributed by atoms with Crippen molar-refractivity contribution in [3.63, 3.8) is 0 Å². The Morgan fingerprint density at radius 2 is 2.10 bits per heavy atom. The lowest BCUT2D eigenvalue weighted by Crippen LogP contribution is -2.40. The van der Waals surface area contributed by atoms with Gasteiger partial charge in [-0.15, -0.1) is 0 Å². The highest BCUT2D eigenvalue weighted by Gasteiger charge is 2.30. The molecule has 2 rings (SSSR count). The number of amides is 2. The van der Waals surface area contributed by atoms with Crippen molar-refractivity contribution >= 4 is 29.6 Å². The summed E-state index contributed by atoms with van der Waals surface area (Å²) in [5.74, 6) is 0. The van der Waals surface area contributed by atoms with Crippen molar-refractivity contribution < 1.29 is 19.1 Å². The third kappa shape index (κ3) is 2.65. The van der Waals surface area contributed by atoms with Crippen LogP contribution in [-0.2, 0) is 9.47 Å². The number of anilines is 2. The fourth-order valence-corrected chi connectivity index (χ4v) is 2.04. The molecule has 7 heteroatoms. The maximum Gasteiger partial charge on any atom is 0.415 e. The van der Waals surface area contributed by atoms with Crippen LogP contribution in [0, 0.1) is 11.3 Å². The number of hydrogen-bond donors (Lipinski definition) is 1. The molecule has 7 nitrogen and oxygen atoms in total. The van der Waals surface area contributed by atoms with Gasteiger partial charge in [-0.2, -0.15) is 5.26 Å². The molecule has 1 heterocycles. The van der Waals surface area contributed by atoms with Gasteiger partial charge in [0.05, 0.1) is 31.7 Å². The van der Waals surface area contributed by atoms with Crippen molar-refractivity contribution in [3.8, 4) is 6.07 Å². The number of nitrogens with zero attached hydrogens (tertiary/aromatic N) is 2. The number of hydrogen-bond acceptors (Lipinski definition) is 5. The Labute approximate surface area is 121 Å². The molecule has 0 spiro atoms. The van der Waals surface area contributed by atoms with E-state index in [9.17, 15) is 9.59 Å². The van der Waals surface area contributed by atoms with Crippen molar-refractivity contribution in [3.05, 3.63) is 29.8 Å². The summed E-state index contributed by atoms with van der Waals surface area (Å²) < 4.78 is 9.26. The van der Waals surface area contributed by atoms with E-state index in [2.05, 4.69) is 10.1 Å². The van der Waals surface area contributed by atoms with E-state index < -0.39 is 18.2 Å². The monoisotopic (exact) mass is 287 g/mol. The maximum atomic E-state index is 11.9. The third-order valence-corrected chi connectivity index (χ3v) is 2.99. The molecule has 1 aliphatic heterocycles. The van der Waals surface area contributed by atoms with Crippen LogP contribution in [0.15, 0.2) is 24.3 Å². The average Bonchev–Trinajstić information content (AvgIpc) is 2.53. The Morgan fingerprint density at radius 3 is 2.71 bits per heavy atom. The summed E-state index contributed by atoms with van der Waals surface area (Å²) in [6.45, 7) is 0. The van der Waals surface area contributed by atoms with E-state index in [0.29, 0.717) is 16.9 Å². The normalized spacial score (nSPS) is 15.7. The minimum Gasteiger partial charge on any atom is -0.453 e. The van der Waals surface area contributed by atoms with Gasteiger partial charge in [0, 0.05) is 5.56 Å². The van der Waals surface area contributed by atoms with Crippen molar-refractivity contribution in [2.75, 3.05) is 24.4 Å². The molecule has 0 aromatic heterocycles. The van der Waals surface area contributed by atoms with E-state index in [4.69, 9.17) is 10.00 Å². The van der Waals surface area contributed by atoms with Crippen LogP contribution >= 0.6 is 0 Å². The van der Waals surface area contributed by atoms with Crippen LogP contribution in [0.2, 0.25) is 0 Å². The fourth-order valence-electron chi connectivity index (χ4n) is 2.04. The average molecular weight is 287 g/mol. The number of carbonyl (C=O) groups excluding carboxylic acids is 2. The SMILES string of the molecule is COC(=O)Nc1cccc2c1C=CC(C#N)N2C(=O)OC. The summed E-state index contributed by atoms with van der Waals surface area (Å²) in [5, 5.41) is 11.7. The highest BCUT2D eigenvalue weighted by Crippen LogP contribution is 2.34. The second-order valence-corrected chi connectivity index (χ2v) is 4.13. The number of nitriles is 1. The zero-order valence-corrected chi connectivity index (χ0v) is 11.5. The number of nitrogens with one attached hydrogen (secondary N) is 1. The molecule has 0 bridgehead atoms. The number of fused-ring (bicyclic) bond motifs is 1. The zero-order valence-electron chi connectivity index (χ0n) is 11.5. The maximum absolute atomic E-state index is 11.9. The molecule has 1 aromatic rings. The topological polar surface area (TPSA) is 91.7 Å². The highest BCUT2D eigenvalue weighted by molar-refractivity contribution is 5.99. The van der Waals surface area contributed by atoms with Gasteiger partial charge in [0.15, 0.2) is 0 Å². The summed E-state index contributed by atoms with van der Waals surface area (Å²) in [6.07, 6.45) is 1.96. The Hall–Kier alpha value is -3.01. The summed E-state index contributed by atoms with van der Waals surface area (Å²) in [5.41, 5.74) is 1.55. The molecule has 0 radical (unpaired) electrons. The van der Waals surface area contributed by atoms with Gasteiger partial charge >= 0.3 is 12.2 Å². The summed E-state index contributed by atoms with van der Waals surface area (Å²) in [6, 6.07) is 6.24. The number of ether oxygens (including phenoxy) is 2. The molecule has 1 aliphatic rings. The second-order valence-electron chi connectivity index (χ2n) is 4.13. The first-order valence-electron chi connectivity index (χ1n) is 6.05. The third-order valence-electron chi connectivity index (χ3n) is 2.99. The summed E-state index contributed by atoms with van der Waals surface area (Å²) in [7, 11) is 2.50. The van der Waals surface area contributed by atoms with Crippen LogP contribution in [0.3, 0.4) is 0 Å². The van der Waals surface area contributed by atoms with Crippen LogP contribution in [0.4, 0.5) is 21.0 Å². The van der Waals surface area contributed by atoms with Crippen LogP contribution in [0.1, 0.15) is 5.56 Å². The first-order chi connectivity index (χ1) is 10.1. The number of rotatable bonds is 1. The van der Waals surface area contributed by atoms with Gasteiger partial charge in [-0.05, 0) is 18.2 Å². The van der Waals surface area contributed by atoms with E-state index in [-0.39, 0.29) is 0 Å². The minimum absolute atomic E-state index is 0.473. The fraction of sp³-hybridized carbons (Fsp3) is 0.214. The lowest BCUT2D eigenvalue weighted by atomic mass is 10.0. The van der Waals surface area contributed by atoms with Crippen molar-refractivity contribution in [2.45, 2.75) is 6.04 Å². The van der Waals surface area contributed by atoms with E-state index in [1.165, 1.54) is 19.1 Å². The van der Waals surface area contributed by atoms with Crippen LogP contribution in [-0.4, -0.2) is 32.4 Å². The van der Waals surface area contributed by atoms with Gasteiger partial charge in [-0.25, -0.2) is 9.59 Å². The molecule has 108 valence electrons. The van der Waals surface area contributed by atoms with Crippen LogP contribution in [0.25, 0.3) is 6.08 Å². The first-order valence-corrected chi connectivity index (χ1v) is 6.05. The second kappa shape index (κ2) is 5.96. The first kappa shape index (κ1) is 14.4. The Kier molecular flexibility index (Phi) is 4.09. The van der Waals surface area contributed by atoms with Crippen molar-refractivity contribution in [1.82, 2.24) is 0 Å². The Balaban J connectivity index is 2.49. The molecule has 0 aliphatic carbocycles. The van der Waals surface area contributed by atoms with Crippen molar-refractivity contribution in [1.29, 1.82) is 5.26 Å². The van der Waals surface area contributed by atoms with Gasteiger partial charge in [-0.3, -0.25) is 10.2 Å². The molecular formula is C14H13N3O4. The van der Waals surface area contributed by atoms with E-state index in [1.54, 1.807) is 30.4 Å². The molecule has 2 amide bonds. The van der Waals surface area contributed by atoms with Gasteiger partial charge in [0.25, 0.3) is 0 Å². The molecule has 1 unspecified atom stereocenters. The van der Waals surface area contributed by atoms with E-state index in [1.807, 2.05) is 6.07 Å². The number of methoxy groups -OCH3 is 2. The molecule has 1 N–H and O–H groups in total. The lowest BCUT2D eigenvalue weighted by Gasteiger charge is -2.29. The summed E-state index contributed by atoms with van der Waals surface area (Å²) in [4.78, 5) is 24.5. The zero-order chi connectivity index (χ0) is 15.4. The Morgan fingerprint density at radius 1 is 1.33 bits per heavy atom. The molecule has 21 heavy (non-hydrogen) atoms. The number of carbonyl (C=O) groups is 2. The predicted octanol–water partition coefficient (Wildman–Crippen LogP) is 2.36. The molecular weight excluding hydrogens is 274 g/mol. The van der Waals surface area contributed by atoms with Crippen LogP contribution in [0.5, 0.6) is 0 Å². The smallest absolute Gasteiger partial charge is 0.415 e. The van der Waals surface area contributed by atoms with Crippen LogP contribution < -0.4 is 10.2 Å². The highest BCUT2D eigenvalue weighted by atomic mass is 16.5. The summed E-state index contributed by atoms with van der Waals surface area (Å²) >= 11 is 0. The van der Waals surface area contributed by atoms with E-state index in [0.717, 1.165) is 0 Å². The molecule has 0 fully saturated rings. The Bertz CT molecular complexity index is 648. The largest absolute Gasteiger partial charge is 0.453 e. The molecule has 0 saturated heterocycles. The lowest BCUT2D eigenvalue weighted by molar-refractivity contribution is 0.178. The molecule has 1 aromatic carbocycles. The standard InChI is InChI=1S/C14H13N3O4/c1-20-13(18)16-11-4-3-5-12-10(11)7-6-9(8-15)17(12)14(19)21-2/h3-7,9H,1-2H3,(H,16,18). The quantitative estimate of drug-likeness (QED) is 0.856.